The Kier molecular flexibility index (Phi) is 3.32. The van der Waals surface area contributed by atoms with Crippen LogP contribution >= 0.6 is 0 Å². The molecule has 26 heavy (non-hydrogen) atoms. The van der Waals surface area contributed by atoms with Gasteiger partial charge < -0.3 is 15.6 Å². The second-order valence-electron chi connectivity index (χ2n) is 6.14. The summed E-state index contributed by atoms with van der Waals surface area (Å²) in [7, 11) is 0. The van der Waals surface area contributed by atoms with E-state index in [0.717, 1.165) is 36.4 Å². The fourth-order valence-corrected chi connectivity index (χ4v) is 3.20. The number of aromatic nitrogens is 6. The summed E-state index contributed by atoms with van der Waals surface area (Å²) >= 11 is 0. The lowest BCUT2D eigenvalue weighted by Crippen LogP contribution is -2.23. The van der Waals surface area contributed by atoms with E-state index in [4.69, 9.17) is 0 Å². The van der Waals surface area contributed by atoms with E-state index < -0.39 is 0 Å². The summed E-state index contributed by atoms with van der Waals surface area (Å²) in [6, 6.07) is 5.59. The van der Waals surface area contributed by atoms with Crippen LogP contribution in [0.15, 0.2) is 36.8 Å². The van der Waals surface area contributed by atoms with E-state index in [-0.39, 0.29) is 5.91 Å². The molecular formula is C17H16N8O. The third kappa shape index (κ3) is 2.37. The molecule has 0 spiro atoms. The van der Waals surface area contributed by atoms with Crippen molar-refractivity contribution in [2.45, 2.75) is 13.0 Å². The third-order valence-corrected chi connectivity index (χ3v) is 4.50. The Balaban J connectivity index is 1.46. The zero-order valence-corrected chi connectivity index (χ0v) is 13.8. The lowest BCUT2D eigenvalue weighted by Gasteiger charge is -2.09. The van der Waals surface area contributed by atoms with E-state index in [1.807, 2.05) is 18.2 Å². The van der Waals surface area contributed by atoms with Gasteiger partial charge in [-0.25, -0.2) is 9.50 Å². The number of rotatable bonds is 3. The zero-order valence-electron chi connectivity index (χ0n) is 13.8. The number of anilines is 1. The molecule has 0 saturated heterocycles. The van der Waals surface area contributed by atoms with Gasteiger partial charge in [-0.2, -0.15) is 10.2 Å². The van der Waals surface area contributed by atoms with Gasteiger partial charge in [-0.05, 0) is 12.1 Å². The molecule has 1 amide bonds. The van der Waals surface area contributed by atoms with Crippen LogP contribution in [0.4, 0.5) is 5.69 Å². The number of fused-ring (bicyclic) bond motifs is 2. The summed E-state index contributed by atoms with van der Waals surface area (Å²) in [4.78, 5) is 20.7. The molecule has 4 aromatic rings. The maximum atomic E-state index is 12.7. The minimum Gasteiger partial charge on any atom is -0.339 e. The molecule has 1 aliphatic heterocycles. The summed E-state index contributed by atoms with van der Waals surface area (Å²) in [5, 5.41) is 17.4. The van der Waals surface area contributed by atoms with Crippen LogP contribution in [-0.2, 0) is 13.0 Å². The Morgan fingerprint density at radius 3 is 3.15 bits per heavy atom. The van der Waals surface area contributed by atoms with Gasteiger partial charge in [0.15, 0.2) is 5.82 Å². The Bertz CT molecular complexity index is 1080. The number of H-pyrrole nitrogens is 2. The summed E-state index contributed by atoms with van der Waals surface area (Å²) in [6.45, 7) is 1.68. The Morgan fingerprint density at radius 1 is 1.27 bits per heavy atom. The smallest absolute Gasteiger partial charge is 0.259 e. The van der Waals surface area contributed by atoms with Crippen LogP contribution in [0.3, 0.4) is 0 Å². The first kappa shape index (κ1) is 14.8. The van der Waals surface area contributed by atoms with Crippen LogP contribution in [-0.4, -0.2) is 42.2 Å². The van der Waals surface area contributed by atoms with Crippen LogP contribution in [0.5, 0.6) is 0 Å². The lowest BCUT2D eigenvalue weighted by atomic mass is 10.2. The zero-order chi connectivity index (χ0) is 17.5. The van der Waals surface area contributed by atoms with Gasteiger partial charge in [0.05, 0.1) is 40.5 Å². The number of nitrogens with zero attached hydrogens (tertiary/aromatic N) is 4. The van der Waals surface area contributed by atoms with Crippen molar-refractivity contribution >= 4 is 17.1 Å². The SMILES string of the molecule is O=C(Nc1cn[nH]c1-c1nc2c([nH]1)CNCC2)c1cnn2ccccc12. The van der Waals surface area contributed by atoms with Crippen molar-refractivity contribution < 1.29 is 4.79 Å². The normalized spacial score (nSPS) is 13.7. The molecule has 5 rings (SSSR count). The highest BCUT2D eigenvalue weighted by atomic mass is 16.1. The minimum atomic E-state index is -0.244. The molecule has 5 heterocycles. The van der Waals surface area contributed by atoms with Gasteiger partial charge in [0.25, 0.3) is 5.91 Å². The topological polar surface area (TPSA) is 116 Å². The molecule has 1 aliphatic rings. The first-order valence-electron chi connectivity index (χ1n) is 8.35. The number of pyridine rings is 1. The molecule has 9 nitrogen and oxygen atoms in total. The predicted octanol–water partition coefficient (Wildman–Crippen LogP) is 1.35. The predicted molar refractivity (Wildman–Crippen MR) is 94.7 cm³/mol. The Labute approximate surface area is 147 Å². The van der Waals surface area contributed by atoms with Gasteiger partial charge in [-0.15, -0.1) is 0 Å². The van der Waals surface area contributed by atoms with Gasteiger partial charge in [-0.1, -0.05) is 6.07 Å². The lowest BCUT2D eigenvalue weighted by molar-refractivity contribution is 0.102. The highest BCUT2D eigenvalue weighted by Crippen LogP contribution is 2.26. The molecule has 4 aromatic heterocycles. The molecule has 0 atom stereocenters. The summed E-state index contributed by atoms with van der Waals surface area (Å²) < 4.78 is 1.67. The quantitative estimate of drug-likeness (QED) is 0.446. The van der Waals surface area contributed by atoms with Crippen LogP contribution < -0.4 is 10.6 Å². The first-order valence-corrected chi connectivity index (χ1v) is 8.35. The number of carbonyl (C=O) groups excluding carboxylic acids is 1. The van der Waals surface area contributed by atoms with Gasteiger partial charge in [0.1, 0.15) is 5.69 Å². The van der Waals surface area contributed by atoms with Gasteiger partial charge in [0.2, 0.25) is 0 Å². The highest BCUT2D eigenvalue weighted by molar-refractivity contribution is 6.09. The second kappa shape index (κ2) is 5.81. The van der Waals surface area contributed by atoms with Crippen molar-refractivity contribution in [2.75, 3.05) is 11.9 Å². The Hall–Kier alpha value is -3.46. The molecule has 0 saturated carbocycles. The molecule has 0 radical (unpaired) electrons. The van der Waals surface area contributed by atoms with Crippen molar-refractivity contribution in [3.05, 3.63) is 53.7 Å². The van der Waals surface area contributed by atoms with Crippen molar-refractivity contribution in [3.63, 3.8) is 0 Å². The highest BCUT2D eigenvalue weighted by Gasteiger charge is 2.20. The molecule has 0 unspecified atom stereocenters. The summed E-state index contributed by atoms with van der Waals surface area (Å²) in [5.74, 6) is 0.429. The number of aromatic amines is 2. The molecule has 0 aliphatic carbocycles. The number of nitrogens with one attached hydrogen (secondary N) is 4. The van der Waals surface area contributed by atoms with E-state index >= 15 is 0 Å². The van der Waals surface area contributed by atoms with E-state index in [2.05, 4.69) is 35.9 Å². The van der Waals surface area contributed by atoms with E-state index in [9.17, 15) is 4.79 Å². The number of carbonyl (C=O) groups is 1. The summed E-state index contributed by atoms with van der Waals surface area (Å²) in [5.41, 5.74) is 4.60. The fourth-order valence-electron chi connectivity index (χ4n) is 3.20. The molecule has 0 aromatic carbocycles. The van der Waals surface area contributed by atoms with Crippen molar-refractivity contribution in [2.24, 2.45) is 0 Å². The van der Waals surface area contributed by atoms with Crippen LogP contribution in [0, 0.1) is 0 Å². The number of hydrogen-bond acceptors (Lipinski definition) is 5. The van der Waals surface area contributed by atoms with Crippen LogP contribution in [0.2, 0.25) is 0 Å². The average molecular weight is 348 g/mol. The minimum absolute atomic E-state index is 0.244. The van der Waals surface area contributed by atoms with Crippen molar-refractivity contribution in [1.29, 1.82) is 0 Å². The molecule has 9 heteroatoms. The van der Waals surface area contributed by atoms with Crippen molar-refractivity contribution in [1.82, 2.24) is 35.1 Å². The maximum Gasteiger partial charge on any atom is 0.259 e. The van der Waals surface area contributed by atoms with Crippen LogP contribution in [0.25, 0.3) is 17.0 Å². The van der Waals surface area contributed by atoms with Gasteiger partial charge in [0, 0.05) is 25.7 Å². The van der Waals surface area contributed by atoms with E-state index in [0.29, 0.717) is 22.8 Å². The summed E-state index contributed by atoms with van der Waals surface area (Å²) in [6.07, 6.45) is 5.82. The Morgan fingerprint density at radius 2 is 2.23 bits per heavy atom. The molecule has 4 N–H and O–H groups in total. The molecule has 0 bridgehead atoms. The number of amides is 1. The van der Waals surface area contributed by atoms with Crippen molar-refractivity contribution in [3.8, 4) is 11.5 Å². The second-order valence-corrected chi connectivity index (χ2v) is 6.14. The first-order chi connectivity index (χ1) is 12.8. The molecular weight excluding hydrogens is 332 g/mol. The largest absolute Gasteiger partial charge is 0.339 e. The number of hydrogen-bond donors (Lipinski definition) is 4. The van der Waals surface area contributed by atoms with Gasteiger partial charge in [-0.3, -0.25) is 9.89 Å². The average Bonchev–Trinajstić information content (AvgIpc) is 3.38. The number of imidazole rings is 1. The standard InChI is InChI=1S/C17H16N8O/c26-17(10-7-20-25-6-2-1-3-14(10)25)23-13-9-19-24-15(13)16-21-11-4-5-18-8-12(11)22-16/h1-3,6-7,9,18H,4-5,8H2,(H,19,24)(H,21,22)(H,23,26). The monoisotopic (exact) mass is 348 g/mol. The van der Waals surface area contributed by atoms with Crippen LogP contribution in [0.1, 0.15) is 21.7 Å². The fraction of sp³-hybridized carbons (Fsp3) is 0.176. The molecule has 130 valence electrons. The van der Waals surface area contributed by atoms with E-state index in [1.165, 1.54) is 0 Å². The van der Waals surface area contributed by atoms with E-state index in [1.54, 1.807) is 23.1 Å². The van der Waals surface area contributed by atoms with Gasteiger partial charge >= 0.3 is 0 Å². The molecule has 0 fully saturated rings. The maximum absolute atomic E-state index is 12.7. The third-order valence-electron chi connectivity index (χ3n) is 4.50.